The second kappa shape index (κ2) is 5.91. The average molecular weight is 293 g/mol. The van der Waals surface area contributed by atoms with Crippen molar-refractivity contribution in [3.05, 3.63) is 29.6 Å². The first-order chi connectivity index (χ1) is 10.2. The van der Waals surface area contributed by atoms with E-state index in [1.807, 2.05) is 0 Å². The third kappa shape index (κ3) is 2.54. The number of ether oxygens (including phenoxy) is 1. The maximum atomic E-state index is 13.7. The first-order valence-electron chi connectivity index (χ1n) is 7.80. The van der Waals surface area contributed by atoms with Crippen LogP contribution in [0, 0.1) is 5.82 Å². The van der Waals surface area contributed by atoms with Gasteiger partial charge in [-0.1, -0.05) is 6.92 Å². The molecule has 116 valence electrons. The molecule has 2 N–H and O–H groups in total. The van der Waals surface area contributed by atoms with Crippen LogP contribution in [0.2, 0.25) is 0 Å². The highest BCUT2D eigenvalue weighted by atomic mass is 19.1. The van der Waals surface area contributed by atoms with Crippen LogP contribution in [0.3, 0.4) is 0 Å². The summed E-state index contributed by atoms with van der Waals surface area (Å²) in [6, 6.07) is 4.80. The Balaban J connectivity index is 1.93. The summed E-state index contributed by atoms with van der Waals surface area (Å²) in [6.45, 7) is 8.45. The molecule has 1 saturated heterocycles. The first kappa shape index (κ1) is 14.8. The van der Waals surface area contributed by atoms with Gasteiger partial charge in [0.15, 0.2) is 0 Å². The van der Waals surface area contributed by atoms with E-state index in [0.717, 1.165) is 50.5 Å². The van der Waals surface area contributed by atoms with Crippen molar-refractivity contribution in [2.75, 3.05) is 45.9 Å². The molecule has 2 aliphatic rings. The van der Waals surface area contributed by atoms with E-state index in [0.29, 0.717) is 13.2 Å². The van der Waals surface area contributed by atoms with Crippen LogP contribution in [-0.2, 0) is 5.54 Å². The van der Waals surface area contributed by atoms with Crippen LogP contribution in [0.4, 0.5) is 4.39 Å². The number of halogens is 1. The zero-order chi connectivity index (χ0) is 14.9. The monoisotopic (exact) mass is 293 g/mol. The zero-order valence-corrected chi connectivity index (χ0v) is 12.6. The van der Waals surface area contributed by atoms with Crippen molar-refractivity contribution in [3.63, 3.8) is 0 Å². The third-order valence-corrected chi connectivity index (χ3v) is 4.98. The Labute approximate surface area is 125 Å². The maximum Gasteiger partial charge on any atom is 0.124 e. The number of hydrogen-bond acceptors (Lipinski definition) is 4. The molecule has 1 atom stereocenters. The van der Waals surface area contributed by atoms with E-state index < -0.39 is 0 Å². The van der Waals surface area contributed by atoms with Gasteiger partial charge in [-0.2, -0.15) is 0 Å². The molecule has 0 saturated carbocycles. The lowest BCUT2D eigenvalue weighted by Crippen LogP contribution is -2.59. The number of nitrogens with two attached hydrogens (primary N) is 1. The Bertz CT molecular complexity index is 502. The van der Waals surface area contributed by atoms with Gasteiger partial charge < -0.3 is 15.4 Å². The molecule has 0 radical (unpaired) electrons. The number of nitrogens with zero attached hydrogens (tertiary/aromatic N) is 2. The molecule has 21 heavy (non-hydrogen) atoms. The van der Waals surface area contributed by atoms with Gasteiger partial charge in [-0.25, -0.2) is 4.39 Å². The van der Waals surface area contributed by atoms with Crippen LogP contribution in [0.1, 0.15) is 18.9 Å². The second-order valence-corrected chi connectivity index (χ2v) is 5.90. The number of piperazine rings is 1. The van der Waals surface area contributed by atoms with Crippen LogP contribution in [-0.4, -0.2) is 55.7 Å². The van der Waals surface area contributed by atoms with Crippen LogP contribution in [0.25, 0.3) is 0 Å². The van der Waals surface area contributed by atoms with Gasteiger partial charge in [0.2, 0.25) is 0 Å². The summed E-state index contributed by atoms with van der Waals surface area (Å²) in [5.74, 6) is 0.565. The van der Waals surface area contributed by atoms with Crippen molar-refractivity contribution in [2.45, 2.75) is 18.9 Å². The molecule has 0 amide bonds. The lowest BCUT2D eigenvalue weighted by atomic mass is 9.82. The summed E-state index contributed by atoms with van der Waals surface area (Å²) in [6.07, 6.45) is 0.825. The van der Waals surface area contributed by atoms with Crippen LogP contribution < -0.4 is 10.5 Å². The standard InChI is InChI=1S/C16H24FN3O/c1-2-19-6-8-20(9-7-19)16(12-18)5-10-21-15-4-3-13(17)11-14(15)16/h3-4,11H,2,5-10,12,18H2,1H3. The summed E-state index contributed by atoms with van der Waals surface area (Å²) >= 11 is 0. The van der Waals surface area contributed by atoms with Crippen LogP contribution in [0.5, 0.6) is 5.75 Å². The average Bonchev–Trinajstić information content (AvgIpc) is 2.54. The fourth-order valence-electron chi connectivity index (χ4n) is 3.62. The summed E-state index contributed by atoms with van der Waals surface area (Å²) in [5.41, 5.74) is 6.80. The van der Waals surface area contributed by atoms with Crippen molar-refractivity contribution >= 4 is 0 Å². The second-order valence-electron chi connectivity index (χ2n) is 5.90. The van der Waals surface area contributed by atoms with E-state index in [4.69, 9.17) is 10.5 Å². The Morgan fingerprint density at radius 2 is 2.05 bits per heavy atom. The molecule has 2 heterocycles. The van der Waals surface area contributed by atoms with Gasteiger partial charge in [0.25, 0.3) is 0 Å². The number of fused-ring (bicyclic) bond motifs is 1. The fourth-order valence-corrected chi connectivity index (χ4v) is 3.62. The Hall–Kier alpha value is -1.17. The predicted molar refractivity (Wildman–Crippen MR) is 80.9 cm³/mol. The number of hydrogen-bond donors (Lipinski definition) is 1. The highest BCUT2D eigenvalue weighted by Gasteiger charge is 2.43. The minimum absolute atomic E-state index is 0.218. The Morgan fingerprint density at radius 3 is 2.71 bits per heavy atom. The molecule has 0 aromatic heterocycles. The predicted octanol–water partition coefficient (Wildman–Crippen LogP) is 1.40. The van der Waals surface area contributed by atoms with E-state index in [1.165, 1.54) is 6.07 Å². The van der Waals surface area contributed by atoms with Gasteiger partial charge in [0, 0.05) is 44.7 Å². The van der Waals surface area contributed by atoms with Gasteiger partial charge in [-0.05, 0) is 24.7 Å². The van der Waals surface area contributed by atoms with E-state index in [1.54, 1.807) is 12.1 Å². The number of rotatable bonds is 3. The lowest BCUT2D eigenvalue weighted by Gasteiger charge is -2.49. The molecule has 1 unspecified atom stereocenters. The van der Waals surface area contributed by atoms with E-state index in [2.05, 4.69) is 16.7 Å². The molecule has 0 bridgehead atoms. The lowest BCUT2D eigenvalue weighted by molar-refractivity contribution is 0.00899. The summed E-state index contributed by atoms with van der Waals surface area (Å²) in [4.78, 5) is 4.87. The molecule has 1 aromatic carbocycles. The molecule has 0 spiro atoms. The zero-order valence-electron chi connectivity index (χ0n) is 12.6. The van der Waals surface area contributed by atoms with E-state index in [9.17, 15) is 4.39 Å². The maximum absolute atomic E-state index is 13.7. The molecule has 5 heteroatoms. The van der Waals surface area contributed by atoms with Crippen molar-refractivity contribution in [1.82, 2.24) is 9.80 Å². The van der Waals surface area contributed by atoms with Crippen molar-refractivity contribution in [3.8, 4) is 5.75 Å². The molecular weight excluding hydrogens is 269 g/mol. The van der Waals surface area contributed by atoms with Gasteiger partial charge in [-0.15, -0.1) is 0 Å². The molecule has 4 nitrogen and oxygen atoms in total. The Kier molecular flexibility index (Phi) is 4.15. The summed E-state index contributed by atoms with van der Waals surface area (Å²) in [5, 5.41) is 0. The van der Waals surface area contributed by atoms with E-state index >= 15 is 0 Å². The molecular formula is C16H24FN3O. The molecule has 1 aromatic rings. The SMILES string of the molecule is CCN1CCN(C2(CN)CCOc3ccc(F)cc32)CC1. The van der Waals surface area contributed by atoms with E-state index in [-0.39, 0.29) is 11.4 Å². The Morgan fingerprint density at radius 1 is 1.29 bits per heavy atom. The van der Waals surface area contributed by atoms with Crippen LogP contribution in [0.15, 0.2) is 18.2 Å². The van der Waals surface area contributed by atoms with Crippen molar-refractivity contribution in [1.29, 1.82) is 0 Å². The molecule has 0 aliphatic carbocycles. The molecule has 2 aliphatic heterocycles. The quantitative estimate of drug-likeness (QED) is 0.915. The summed E-state index contributed by atoms with van der Waals surface area (Å²) < 4.78 is 19.4. The first-order valence-corrected chi connectivity index (χ1v) is 7.80. The fraction of sp³-hybridized carbons (Fsp3) is 0.625. The van der Waals surface area contributed by atoms with Gasteiger partial charge in [0.1, 0.15) is 11.6 Å². The normalized spacial score (nSPS) is 27.2. The summed E-state index contributed by atoms with van der Waals surface area (Å²) in [7, 11) is 0. The minimum atomic E-state index is -0.282. The minimum Gasteiger partial charge on any atom is -0.493 e. The van der Waals surface area contributed by atoms with Gasteiger partial charge in [0.05, 0.1) is 12.1 Å². The topological polar surface area (TPSA) is 41.7 Å². The highest BCUT2D eigenvalue weighted by molar-refractivity contribution is 5.42. The largest absolute Gasteiger partial charge is 0.493 e. The van der Waals surface area contributed by atoms with Crippen molar-refractivity contribution < 1.29 is 9.13 Å². The number of benzene rings is 1. The molecule has 1 fully saturated rings. The van der Waals surface area contributed by atoms with Crippen molar-refractivity contribution in [2.24, 2.45) is 5.73 Å². The third-order valence-electron chi connectivity index (χ3n) is 4.98. The number of likely N-dealkylation sites (N-methyl/N-ethyl adjacent to an activating group) is 1. The van der Waals surface area contributed by atoms with Gasteiger partial charge >= 0.3 is 0 Å². The highest BCUT2D eigenvalue weighted by Crippen LogP contribution is 2.41. The molecule has 3 rings (SSSR count). The smallest absolute Gasteiger partial charge is 0.124 e. The van der Waals surface area contributed by atoms with Crippen LogP contribution >= 0.6 is 0 Å². The van der Waals surface area contributed by atoms with Gasteiger partial charge in [-0.3, -0.25) is 4.90 Å².